The van der Waals surface area contributed by atoms with Crippen molar-refractivity contribution >= 4 is 23.3 Å². The van der Waals surface area contributed by atoms with Crippen LogP contribution in [-0.4, -0.2) is 44.5 Å². The minimum Gasteiger partial charge on any atom is -0.456 e. The Kier molecular flexibility index (Phi) is 5.34. The van der Waals surface area contributed by atoms with Crippen molar-refractivity contribution in [3.63, 3.8) is 0 Å². The standard InChI is InChI=1S/C21H19N5O4/c1-13-2-4-14(5-3-13)21-23-25-26(24-21)11-20(29)30-12-18(27)16-6-8-17-15(10-16)7-9-19(28)22-17/h2-6,8,10H,7,9,11-12H2,1H3,(H,22,28). The van der Waals surface area contributed by atoms with Crippen LogP contribution in [0.25, 0.3) is 11.4 Å². The normalized spacial score (nSPS) is 12.8. The second kappa shape index (κ2) is 8.24. The van der Waals surface area contributed by atoms with Gasteiger partial charge in [0.05, 0.1) is 0 Å². The van der Waals surface area contributed by atoms with Crippen molar-refractivity contribution in [2.45, 2.75) is 26.3 Å². The van der Waals surface area contributed by atoms with E-state index in [0.29, 0.717) is 29.9 Å². The Bertz CT molecular complexity index is 1120. The van der Waals surface area contributed by atoms with Gasteiger partial charge in [0.2, 0.25) is 11.7 Å². The lowest BCUT2D eigenvalue weighted by Gasteiger charge is -2.17. The number of anilines is 1. The van der Waals surface area contributed by atoms with Crippen molar-refractivity contribution in [2.75, 3.05) is 11.9 Å². The molecule has 1 N–H and O–H groups in total. The van der Waals surface area contributed by atoms with Gasteiger partial charge in [-0.2, -0.15) is 4.80 Å². The molecule has 4 rings (SSSR count). The SMILES string of the molecule is Cc1ccc(-c2nnn(CC(=O)OCC(=O)c3ccc4c(c3)CCC(=O)N4)n2)cc1. The van der Waals surface area contributed by atoms with Crippen LogP contribution in [0.4, 0.5) is 5.69 Å². The second-order valence-electron chi connectivity index (χ2n) is 7.01. The minimum absolute atomic E-state index is 0.0391. The Morgan fingerprint density at radius 1 is 1.13 bits per heavy atom. The van der Waals surface area contributed by atoms with Crippen molar-refractivity contribution in [1.29, 1.82) is 0 Å². The first-order chi connectivity index (χ1) is 14.5. The number of rotatable bonds is 6. The van der Waals surface area contributed by atoms with Crippen molar-refractivity contribution < 1.29 is 19.1 Å². The lowest BCUT2D eigenvalue weighted by molar-refractivity contribution is -0.143. The van der Waals surface area contributed by atoms with Crippen LogP contribution in [0.5, 0.6) is 0 Å². The van der Waals surface area contributed by atoms with E-state index in [1.165, 1.54) is 0 Å². The monoisotopic (exact) mass is 405 g/mol. The summed E-state index contributed by atoms with van der Waals surface area (Å²) in [5.41, 5.74) is 3.93. The highest BCUT2D eigenvalue weighted by atomic mass is 16.5. The van der Waals surface area contributed by atoms with Gasteiger partial charge in [0.15, 0.2) is 18.9 Å². The summed E-state index contributed by atoms with van der Waals surface area (Å²) < 4.78 is 5.07. The summed E-state index contributed by atoms with van der Waals surface area (Å²) >= 11 is 0. The van der Waals surface area contributed by atoms with Gasteiger partial charge in [-0.1, -0.05) is 29.8 Å². The predicted octanol–water partition coefficient (Wildman–Crippen LogP) is 1.96. The maximum Gasteiger partial charge on any atom is 0.330 e. The molecular formula is C21H19N5O4. The van der Waals surface area contributed by atoms with E-state index in [9.17, 15) is 14.4 Å². The Balaban J connectivity index is 1.32. The van der Waals surface area contributed by atoms with Crippen LogP contribution >= 0.6 is 0 Å². The van der Waals surface area contributed by atoms with E-state index in [-0.39, 0.29) is 24.8 Å². The number of benzene rings is 2. The average molecular weight is 405 g/mol. The van der Waals surface area contributed by atoms with Crippen LogP contribution < -0.4 is 5.32 Å². The molecule has 0 unspecified atom stereocenters. The predicted molar refractivity (Wildman–Crippen MR) is 107 cm³/mol. The first-order valence-electron chi connectivity index (χ1n) is 9.44. The maximum absolute atomic E-state index is 12.4. The van der Waals surface area contributed by atoms with Crippen molar-refractivity contribution in [1.82, 2.24) is 20.2 Å². The zero-order chi connectivity index (χ0) is 21.1. The topological polar surface area (TPSA) is 116 Å². The molecule has 0 bridgehead atoms. The van der Waals surface area contributed by atoms with E-state index in [1.807, 2.05) is 31.2 Å². The number of carbonyl (C=O) groups excluding carboxylic acids is 3. The first-order valence-corrected chi connectivity index (χ1v) is 9.44. The third kappa shape index (κ3) is 4.40. The van der Waals surface area contributed by atoms with Gasteiger partial charge in [-0.25, -0.2) is 4.79 Å². The van der Waals surface area contributed by atoms with E-state index in [2.05, 4.69) is 20.7 Å². The fourth-order valence-corrected chi connectivity index (χ4v) is 3.08. The molecule has 1 aromatic heterocycles. The molecule has 0 radical (unpaired) electrons. The highest BCUT2D eigenvalue weighted by Gasteiger charge is 2.18. The lowest BCUT2D eigenvalue weighted by atomic mass is 9.99. The molecule has 30 heavy (non-hydrogen) atoms. The van der Waals surface area contributed by atoms with Gasteiger partial charge in [0, 0.05) is 23.2 Å². The van der Waals surface area contributed by atoms with Crippen LogP contribution in [-0.2, 0) is 27.3 Å². The van der Waals surface area contributed by atoms with Crippen LogP contribution in [0.2, 0.25) is 0 Å². The number of amides is 1. The molecule has 9 nitrogen and oxygen atoms in total. The quantitative estimate of drug-likeness (QED) is 0.492. The first kappa shape index (κ1) is 19.4. The number of ketones is 1. The lowest BCUT2D eigenvalue weighted by Crippen LogP contribution is -2.21. The molecule has 0 saturated carbocycles. The van der Waals surface area contributed by atoms with Crippen molar-refractivity contribution in [3.05, 3.63) is 59.2 Å². The Morgan fingerprint density at radius 2 is 1.93 bits per heavy atom. The molecule has 9 heteroatoms. The van der Waals surface area contributed by atoms with Gasteiger partial charge in [0.25, 0.3) is 0 Å². The van der Waals surface area contributed by atoms with Crippen molar-refractivity contribution in [2.24, 2.45) is 0 Å². The molecule has 0 atom stereocenters. The molecule has 0 spiro atoms. The number of fused-ring (bicyclic) bond motifs is 1. The smallest absolute Gasteiger partial charge is 0.330 e. The highest BCUT2D eigenvalue weighted by molar-refractivity contribution is 6.00. The number of tetrazole rings is 1. The Hall–Kier alpha value is -3.88. The molecule has 152 valence electrons. The summed E-state index contributed by atoms with van der Waals surface area (Å²) in [5, 5.41) is 14.7. The van der Waals surface area contributed by atoms with Crippen LogP contribution in [0.1, 0.15) is 27.9 Å². The minimum atomic E-state index is -0.638. The van der Waals surface area contributed by atoms with E-state index in [0.717, 1.165) is 21.5 Å². The number of ether oxygens (including phenoxy) is 1. The van der Waals surface area contributed by atoms with Crippen molar-refractivity contribution in [3.8, 4) is 11.4 Å². The van der Waals surface area contributed by atoms with Gasteiger partial charge < -0.3 is 10.1 Å². The zero-order valence-electron chi connectivity index (χ0n) is 16.3. The number of aromatic nitrogens is 4. The third-order valence-corrected chi connectivity index (χ3v) is 4.72. The number of carbonyl (C=O) groups is 3. The maximum atomic E-state index is 12.4. The van der Waals surface area contributed by atoms with Gasteiger partial charge >= 0.3 is 5.97 Å². The van der Waals surface area contributed by atoms with E-state index >= 15 is 0 Å². The average Bonchev–Trinajstić information content (AvgIpc) is 3.20. The van der Waals surface area contributed by atoms with E-state index in [1.54, 1.807) is 18.2 Å². The van der Waals surface area contributed by atoms with Crippen LogP contribution in [0.3, 0.4) is 0 Å². The van der Waals surface area contributed by atoms with Crippen LogP contribution in [0, 0.1) is 6.92 Å². The molecule has 1 aliphatic heterocycles. The summed E-state index contributed by atoms with van der Waals surface area (Å²) in [5.74, 6) is -0.598. The largest absolute Gasteiger partial charge is 0.456 e. The van der Waals surface area contributed by atoms with Gasteiger partial charge in [-0.3, -0.25) is 9.59 Å². The number of aryl methyl sites for hydroxylation is 2. The third-order valence-electron chi connectivity index (χ3n) is 4.72. The molecule has 0 saturated heterocycles. The fraction of sp³-hybridized carbons (Fsp3) is 0.238. The zero-order valence-corrected chi connectivity index (χ0v) is 16.3. The summed E-state index contributed by atoms with van der Waals surface area (Å²) in [7, 11) is 0. The molecule has 2 heterocycles. The number of nitrogens with one attached hydrogen (secondary N) is 1. The van der Waals surface area contributed by atoms with Gasteiger partial charge in [-0.15, -0.1) is 10.2 Å². The Labute approximate surface area is 172 Å². The number of hydrogen-bond acceptors (Lipinski definition) is 7. The molecular weight excluding hydrogens is 386 g/mol. The molecule has 0 aliphatic carbocycles. The van der Waals surface area contributed by atoms with Gasteiger partial charge in [0.1, 0.15) is 0 Å². The molecule has 2 aromatic carbocycles. The highest BCUT2D eigenvalue weighted by Crippen LogP contribution is 2.23. The van der Waals surface area contributed by atoms with Gasteiger partial charge in [-0.05, 0) is 42.3 Å². The second-order valence-corrected chi connectivity index (χ2v) is 7.01. The number of Topliss-reactive ketones (excluding diaryl/α,β-unsaturated/α-hetero) is 1. The summed E-state index contributed by atoms with van der Waals surface area (Å²) in [6.45, 7) is 1.35. The summed E-state index contributed by atoms with van der Waals surface area (Å²) in [4.78, 5) is 37.0. The molecule has 1 amide bonds. The molecule has 1 aliphatic rings. The Morgan fingerprint density at radius 3 is 2.73 bits per heavy atom. The number of nitrogens with zero attached hydrogens (tertiary/aromatic N) is 4. The molecule has 3 aromatic rings. The summed E-state index contributed by atoms with van der Waals surface area (Å²) in [6.07, 6.45) is 0.957. The number of esters is 1. The fourth-order valence-electron chi connectivity index (χ4n) is 3.08. The van der Waals surface area contributed by atoms with E-state index in [4.69, 9.17) is 4.74 Å². The van der Waals surface area contributed by atoms with E-state index < -0.39 is 5.97 Å². The number of hydrogen-bond donors (Lipinski definition) is 1. The molecule has 0 fully saturated rings. The van der Waals surface area contributed by atoms with Crippen LogP contribution in [0.15, 0.2) is 42.5 Å². The summed E-state index contributed by atoms with van der Waals surface area (Å²) in [6, 6.07) is 12.6.